The number of amides is 1. The Hall–Kier alpha value is -2.89. The zero-order chi connectivity index (χ0) is 20.0. The molecule has 1 aliphatic carbocycles. The van der Waals surface area contributed by atoms with Crippen LogP contribution >= 0.6 is 0 Å². The van der Waals surface area contributed by atoms with Gasteiger partial charge in [0.25, 0.3) is 5.91 Å². The van der Waals surface area contributed by atoms with E-state index in [9.17, 15) is 14.0 Å². The second kappa shape index (κ2) is 8.87. The van der Waals surface area contributed by atoms with Crippen LogP contribution < -0.4 is 10.1 Å². The standard InChI is InChI=1S/C22H24FNO4/c1-27-19-10-3-2-7-16(19)14-24-20(25)15-28-21(26)22(11-4-5-12-22)17-8-6-9-18(23)13-17/h2-3,6-10,13H,4-5,11-12,14-15H2,1H3,(H,24,25). The third kappa shape index (κ3) is 4.32. The van der Waals surface area contributed by atoms with E-state index in [2.05, 4.69) is 5.32 Å². The molecule has 2 aromatic rings. The highest BCUT2D eigenvalue weighted by molar-refractivity contribution is 5.86. The van der Waals surface area contributed by atoms with Crippen molar-refractivity contribution in [3.8, 4) is 5.75 Å². The Morgan fingerprint density at radius 2 is 1.86 bits per heavy atom. The summed E-state index contributed by atoms with van der Waals surface area (Å²) < 4.78 is 24.2. The van der Waals surface area contributed by atoms with E-state index >= 15 is 0 Å². The molecule has 0 atom stereocenters. The Morgan fingerprint density at radius 1 is 1.11 bits per heavy atom. The van der Waals surface area contributed by atoms with E-state index in [1.807, 2.05) is 24.3 Å². The van der Waals surface area contributed by atoms with E-state index in [4.69, 9.17) is 9.47 Å². The van der Waals surface area contributed by atoms with Crippen molar-refractivity contribution in [2.45, 2.75) is 37.6 Å². The summed E-state index contributed by atoms with van der Waals surface area (Å²) >= 11 is 0. The van der Waals surface area contributed by atoms with Gasteiger partial charge in [0.2, 0.25) is 0 Å². The minimum absolute atomic E-state index is 0.273. The molecule has 1 aliphatic rings. The molecule has 1 fully saturated rings. The Labute approximate surface area is 163 Å². The van der Waals surface area contributed by atoms with Gasteiger partial charge in [-0.05, 0) is 36.6 Å². The fourth-order valence-corrected chi connectivity index (χ4v) is 3.74. The second-order valence-corrected chi connectivity index (χ2v) is 6.96. The zero-order valence-electron chi connectivity index (χ0n) is 15.9. The molecule has 148 valence electrons. The molecule has 28 heavy (non-hydrogen) atoms. The monoisotopic (exact) mass is 385 g/mol. The maximum atomic E-state index is 13.7. The summed E-state index contributed by atoms with van der Waals surface area (Å²) in [5.74, 6) is -0.573. The molecule has 2 aromatic carbocycles. The van der Waals surface area contributed by atoms with Crippen LogP contribution in [0.5, 0.6) is 5.75 Å². The van der Waals surface area contributed by atoms with E-state index in [1.165, 1.54) is 12.1 Å². The summed E-state index contributed by atoms with van der Waals surface area (Å²) in [4.78, 5) is 25.0. The van der Waals surface area contributed by atoms with Crippen molar-refractivity contribution in [3.63, 3.8) is 0 Å². The van der Waals surface area contributed by atoms with Gasteiger partial charge in [-0.15, -0.1) is 0 Å². The number of methoxy groups -OCH3 is 1. The maximum absolute atomic E-state index is 13.7. The van der Waals surface area contributed by atoms with Crippen molar-refractivity contribution >= 4 is 11.9 Å². The van der Waals surface area contributed by atoms with Crippen LogP contribution in [0.3, 0.4) is 0 Å². The molecule has 1 amide bonds. The lowest BCUT2D eigenvalue weighted by molar-refractivity contribution is -0.154. The third-order valence-corrected chi connectivity index (χ3v) is 5.23. The highest BCUT2D eigenvalue weighted by Crippen LogP contribution is 2.42. The van der Waals surface area contributed by atoms with Crippen molar-refractivity contribution in [2.75, 3.05) is 13.7 Å². The third-order valence-electron chi connectivity index (χ3n) is 5.23. The normalized spacial score (nSPS) is 15.1. The van der Waals surface area contributed by atoms with Crippen LogP contribution in [0.4, 0.5) is 4.39 Å². The van der Waals surface area contributed by atoms with Crippen molar-refractivity contribution in [1.82, 2.24) is 5.32 Å². The van der Waals surface area contributed by atoms with Gasteiger partial charge in [-0.1, -0.05) is 43.2 Å². The first-order valence-corrected chi connectivity index (χ1v) is 9.37. The number of rotatable bonds is 7. The number of nitrogens with one attached hydrogen (secondary N) is 1. The molecule has 5 nitrogen and oxygen atoms in total. The van der Waals surface area contributed by atoms with Gasteiger partial charge in [-0.25, -0.2) is 4.39 Å². The molecular formula is C22H24FNO4. The number of halogens is 1. The summed E-state index contributed by atoms with van der Waals surface area (Å²) in [6, 6.07) is 13.4. The lowest BCUT2D eigenvalue weighted by Gasteiger charge is -2.27. The second-order valence-electron chi connectivity index (χ2n) is 6.96. The molecule has 0 unspecified atom stereocenters. The van der Waals surface area contributed by atoms with Gasteiger partial charge >= 0.3 is 5.97 Å². The van der Waals surface area contributed by atoms with E-state index < -0.39 is 17.3 Å². The van der Waals surface area contributed by atoms with Crippen molar-refractivity contribution in [3.05, 3.63) is 65.5 Å². The van der Waals surface area contributed by atoms with Gasteiger partial charge in [0.1, 0.15) is 11.6 Å². The molecule has 0 aromatic heterocycles. The molecule has 1 saturated carbocycles. The summed E-state index contributed by atoms with van der Waals surface area (Å²) in [5.41, 5.74) is 0.575. The Morgan fingerprint density at radius 3 is 2.57 bits per heavy atom. The van der Waals surface area contributed by atoms with Crippen molar-refractivity contribution < 1.29 is 23.5 Å². The van der Waals surface area contributed by atoms with Crippen LogP contribution in [0.25, 0.3) is 0 Å². The first-order valence-electron chi connectivity index (χ1n) is 9.37. The van der Waals surface area contributed by atoms with Crippen LogP contribution in [-0.4, -0.2) is 25.6 Å². The van der Waals surface area contributed by atoms with E-state index in [0.29, 0.717) is 24.2 Å². The van der Waals surface area contributed by atoms with Crippen LogP contribution in [0, 0.1) is 5.82 Å². The number of hydrogen-bond acceptors (Lipinski definition) is 4. The number of carbonyl (C=O) groups excluding carboxylic acids is 2. The van der Waals surface area contributed by atoms with Gasteiger partial charge < -0.3 is 14.8 Å². The molecular weight excluding hydrogens is 361 g/mol. The molecule has 6 heteroatoms. The molecule has 0 aliphatic heterocycles. The first kappa shape index (κ1) is 19.9. The predicted octanol–water partition coefficient (Wildman–Crippen LogP) is 3.51. The smallest absolute Gasteiger partial charge is 0.317 e. The number of hydrogen-bond donors (Lipinski definition) is 1. The Kier molecular flexibility index (Phi) is 6.29. The fraction of sp³-hybridized carbons (Fsp3) is 0.364. The van der Waals surface area contributed by atoms with Gasteiger partial charge in [0, 0.05) is 12.1 Å². The SMILES string of the molecule is COc1ccccc1CNC(=O)COC(=O)C1(c2cccc(F)c2)CCCC1. The zero-order valence-corrected chi connectivity index (χ0v) is 15.9. The van der Waals surface area contributed by atoms with Crippen molar-refractivity contribution in [2.24, 2.45) is 0 Å². The van der Waals surface area contributed by atoms with E-state index in [1.54, 1.807) is 19.2 Å². The highest BCUT2D eigenvalue weighted by Gasteiger charge is 2.44. The van der Waals surface area contributed by atoms with Gasteiger partial charge in [0.05, 0.1) is 12.5 Å². The minimum atomic E-state index is -0.870. The predicted molar refractivity (Wildman–Crippen MR) is 102 cm³/mol. The number of ether oxygens (including phenoxy) is 2. The molecule has 1 N–H and O–H groups in total. The molecule has 3 rings (SSSR count). The summed E-state index contributed by atoms with van der Waals surface area (Å²) in [7, 11) is 1.57. The summed E-state index contributed by atoms with van der Waals surface area (Å²) in [5, 5.41) is 2.72. The van der Waals surface area contributed by atoms with Crippen molar-refractivity contribution in [1.29, 1.82) is 0 Å². The topological polar surface area (TPSA) is 64.6 Å². The number of esters is 1. The quantitative estimate of drug-likeness (QED) is 0.741. The largest absolute Gasteiger partial charge is 0.496 e. The lowest BCUT2D eigenvalue weighted by Crippen LogP contribution is -2.37. The molecule has 0 bridgehead atoms. The molecule has 0 radical (unpaired) electrons. The maximum Gasteiger partial charge on any atom is 0.317 e. The van der Waals surface area contributed by atoms with Gasteiger partial charge in [-0.3, -0.25) is 9.59 Å². The minimum Gasteiger partial charge on any atom is -0.496 e. The van der Waals surface area contributed by atoms with E-state index in [0.717, 1.165) is 18.4 Å². The number of para-hydroxylation sites is 1. The summed E-state index contributed by atoms with van der Waals surface area (Å²) in [6.45, 7) is -0.0967. The molecule has 0 heterocycles. The first-order chi connectivity index (χ1) is 13.5. The Bertz CT molecular complexity index is 846. The van der Waals surface area contributed by atoms with Crippen LogP contribution in [0.2, 0.25) is 0 Å². The van der Waals surface area contributed by atoms with Crippen LogP contribution in [0.1, 0.15) is 36.8 Å². The average Bonchev–Trinajstić information content (AvgIpc) is 3.22. The lowest BCUT2D eigenvalue weighted by atomic mass is 9.79. The van der Waals surface area contributed by atoms with Crippen LogP contribution in [0.15, 0.2) is 48.5 Å². The highest BCUT2D eigenvalue weighted by atomic mass is 19.1. The Balaban J connectivity index is 1.60. The van der Waals surface area contributed by atoms with Gasteiger partial charge in [-0.2, -0.15) is 0 Å². The number of benzene rings is 2. The van der Waals surface area contributed by atoms with Gasteiger partial charge in [0.15, 0.2) is 6.61 Å². The molecule has 0 spiro atoms. The summed E-state index contributed by atoms with van der Waals surface area (Å²) in [6.07, 6.45) is 2.92. The molecule has 0 saturated heterocycles. The fourth-order valence-electron chi connectivity index (χ4n) is 3.74. The number of carbonyl (C=O) groups is 2. The average molecular weight is 385 g/mol. The van der Waals surface area contributed by atoms with Crippen LogP contribution in [-0.2, 0) is 26.3 Å². The van der Waals surface area contributed by atoms with E-state index in [-0.39, 0.29) is 19.0 Å².